The molecular weight excluding hydrogens is 238 g/mol. The molecule has 0 saturated carbocycles. The Morgan fingerprint density at radius 1 is 1.11 bits per heavy atom. The first-order valence-electron chi connectivity index (χ1n) is 6.13. The molecule has 0 fully saturated rings. The lowest BCUT2D eigenvalue weighted by Gasteiger charge is -2.07. The second kappa shape index (κ2) is 6.58. The Kier molecular flexibility index (Phi) is 4.54. The van der Waals surface area contributed by atoms with Crippen LogP contribution in [0.1, 0.15) is 17.5 Å². The van der Waals surface area contributed by atoms with Crippen LogP contribution in [0, 0.1) is 11.8 Å². The maximum absolute atomic E-state index is 11.1. The molecule has 1 aromatic heterocycles. The normalized spacial score (nSPS) is 9.74. The lowest BCUT2D eigenvalue weighted by molar-refractivity contribution is 0.305. The maximum atomic E-state index is 11.1. The van der Waals surface area contributed by atoms with Gasteiger partial charge in [0.15, 0.2) is 5.43 Å². The van der Waals surface area contributed by atoms with Crippen molar-refractivity contribution in [1.29, 1.82) is 0 Å². The number of nitrogens with zero attached hydrogens (tertiary/aromatic N) is 1. The van der Waals surface area contributed by atoms with Crippen LogP contribution in [0.4, 0.5) is 0 Å². The van der Waals surface area contributed by atoms with Gasteiger partial charge in [-0.05, 0) is 11.6 Å². The number of aromatic nitrogens is 1. The Labute approximate surface area is 112 Å². The zero-order chi connectivity index (χ0) is 13.5. The Hall–Kier alpha value is -2.31. The Balaban J connectivity index is 2.23. The summed E-state index contributed by atoms with van der Waals surface area (Å²) < 4.78 is 1.94. The molecule has 96 valence electrons. The summed E-state index contributed by atoms with van der Waals surface area (Å²) in [6, 6.07) is 11.0. The molecule has 0 bridgehead atoms. The van der Waals surface area contributed by atoms with Gasteiger partial charge in [-0.25, -0.2) is 0 Å². The van der Waals surface area contributed by atoms with Crippen LogP contribution in [0.3, 0.4) is 0 Å². The average molecular weight is 253 g/mol. The van der Waals surface area contributed by atoms with E-state index in [0.29, 0.717) is 13.0 Å². The predicted octanol–water partition coefficient (Wildman–Crippen LogP) is 1.63. The van der Waals surface area contributed by atoms with Crippen LogP contribution in [-0.4, -0.2) is 16.3 Å². The second-order valence-electron chi connectivity index (χ2n) is 4.14. The van der Waals surface area contributed by atoms with Gasteiger partial charge in [-0.1, -0.05) is 30.0 Å². The van der Waals surface area contributed by atoms with Crippen molar-refractivity contribution in [3.63, 3.8) is 0 Å². The molecule has 3 heteroatoms. The SMILES string of the molecule is O=c1ccn(Cc2ccccc2C#CCCO)cc1. The minimum Gasteiger partial charge on any atom is -0.395 e. The lowest BCUT2D eigenvalue weighted by Crippen LogP contribution is -2.05. The van der Waals surface area contributed by atoms with Crippen LogP contribution in [0.2, 0.25) is 0 Å². The van der Waals surface area contributed by atoms with Gasteiger partial charge in [0.25, 0.3) is 0 Å². The maximum Gasteiger partial charge on any atom is 0.181 e. The molecule has 19 heavy (non-hydrogen) atoms. The molecule has 0 aliphatic rings. The number of aliphatic hydroxyl groups excluding tert-OH is 1. The number of hydrogen-bond donors (Lipinski definition) is 1. The van der Waals surface area contributed by atoms with Crippen molar-refractivity contribution < 1.29 is 5.11 Å². The first kappa shape index (κ1) is 13.1. The Bertz CT molecular complexity index is 642. The van der Waals surface area contributed by atoms with E-state index in [2.05, 4.69) is 11.8 Å². The Morgan fingerprint density at radius 2 is 1.84 bits per heavy atom. The summed E-state index contributed by atoms with van der Waals surface area (Å²) in [5.41, 5.74) is 2.05. The fourth-order valence-corrected chi connectivity index (χ4v) is 1.74. The lowest BCUT2D eigenvalue weighted by atomic mass is 10.1. The highest BCUT2D eigenvalue weighted by Crippen LogP contribution is 2.09. The van der Waals surface area contributed by atoms with Gasteiger partial charge < -0.3 is 9.67 Å². The first-order valence-corrected chi connectivity index (χ1v) is 6.13. The number of pyridine rings is 1. The van der Waals surface area contributed by atoms with Gasteiger partial charge in [0.1, 0.15) is 0 Å². The molecule has 0 unspecified atom stereocenters. The van der Waals surface area contributed by atoms with Gasteiger partial charge in [0.05, 0.1) is 6.61 Å². The van der Waals surface area contributed by atoms with Crippen LogP contribution in [0.25, 0.3) is 0 Å². The number of hydrogen-bond acceptors (Lipinski definition) is 2. The molecule has 2 aromatic rings. The van der Waals surface area contributed by atoms with E-state index in [9.17, 15) is 4.79 Å². The van der Waals surface area contributed by atoms with E-state index in [-0.39, 0.29) is 12.0 Å². The molecule has 0 saturated heterocycles. The summed E-state index contributed by atoms with van der Waals surface area (Å²) in [6.07, 6.45) is 4.01. The second-order valence-corrected chi connectivity index (χ2v) is 4.14. The number of aliphatic hydroxyl groups is 1. The van der Waals surface area contributed by atoms with Crippen molar-refractivity contribution >= 4 is 0 Å². The summed E-state index contributed by atoms with van der Waals surface area (Å²) >= 11 is 0. The van der Waals surface area contributed by atoms with E-state index in [1.54, 1.807) is 24.5 Å². The third-order valence-corrected chi connectivity index (χ3v) is 2.69. The van der Waals surface area contributed by atoms with Gasteiger partial charge in [0.2, 0.25) is 0 Å². The average Bonchev–Trinajstić information content (AvgIpc) is 2.43. The fraction of sp³-hybridized carbons (Fsp3) is 0.188. The molecular formula is C16H15NO2. The highest BCUT2D eigenvalue weighted by molar-refractivity contribution is 5.41. The van der Waals surface area contributed by atoms with Crippen molar-refractivity contribution in [3.8, 4) is 11.8 Å². The van der Waals surface area contributed by atoms with Crippen molar-refractivity contribution in [2.45, 2.75) is 13.0 Å². The van der Waals surface area contributed by atoms with E-state index < -0.39 is 0 Å². The van der Waals surface area contributed by atoms with Crippen LogP contribution in [-0.2, 0) is 6.54 Å². The first-order chi connectivity index (χ1) is 9.29. The van der Waals surface area contributed by atoms with Gasteiger partial charge >= 0.3 is 0 Å². The van der Waals surface area contributed by atoms with Gasteiger partial charge in [-0.3, -0.25) is 4.79 Å². The zero-order valence-corrected chi connectivity index (χ0v) is 10.5. The van der Waals surface area contributed by atoms with E-state index in [0.717, 1.165) is 11.1 Å². The highest BCUT2D eigenvalue weighted by Gasteiger charge is 1.99. The highest BCUT2D eigenvalue weighted by atomic mass is 16.2. The summed E-state index contributed by atoms with van der Waals surface area (Å²) in [5.74, 6) is 5.99. The van der Waals surface area contributed by atoms with Crippen molar-refractivity contribution in [2.24, 2.45) is 0 Å². The molecule has 0 aliphatic heterocycles. The predicted molar refractivity (Wildman–Crippen MR) is 74.8 cm³/mol. The van der Waals surface area contributed by atoms with Crippen LogP contribution in [0.5, 0.6) is 0 Å². The molecule has 2 rings (SSSR count). The van der Waals surface area contributed by atoms with E-state index >= 15 is 0 Å². The van der Waals surface area contributed by atoms with Crippen molar-refractivity contribution in [1.82, 2.24) is 4.57 Å². The van der Waals surface area contributed by atoms with Gasteiger partial charge in [-0.15, -0.1) is 0 Å². The minimum absolute atomic E-state index is 0.00673. The quantitative estimate of drug-likeness (QED) is 0.845. The van der Waals surface area contributed by atoms with Gasteiger partial charge in [0, 0.05) is 43.1 Å². The molecule has 0 spiro atoms. The molecule has 0 aliphatic carbocycles. The minimum atomic E-state index is 0.00673. The molecule has 0 amide bonds. The van der Waals surface area contributed by atoms with Crippen LogP contribution < -0.4 is 5.43 Å². The van der Waals surface area contributed by atoms with Crippen LogP contribution in [0.15, 0.2) is 53.6 Å². The molecule has 1 heterocycles. The Morgan fingerprint density at radius 3 is 2.58 bits per heavy atom. The molecule has 1 N–H and O–H groups in total. The number of rotatable bonds is 3. The molecule has 1 aromatic carbocycles. The van der Waals surface area contributed by atoms with Crippen molar-refractivity contribution in [3.05, 3.63) is 70.1 Å². The van der Waals surface area contributed by atoms with E-state index in [1.165, 1.54) is 0 Å². The fourth-order valence-electron chi connectivity index (χ4n) is 1.74. The third-order valence-electron chi connectivity index (χ3n) is 2.69. The van der Waals surface area contributed by atoms with E-state index in [1.807, 2.05) is 28.8 Å². The molecule has 3 nitrogen and oxygen atoms in total. The largest absolute Gasteiger partial charge is 0.395 e. The standard InChI is InChI=1S/C16H15NO2/c18-12-4-3-6-14-5-1-2-7-15(14)13-17-10-8-16(19)9-11-17/h1-2,5,7-11,18H,4,12-13H2. The molecule has 0 radical (unpaired) electrons. The van der Waals surface area contributed by atoms with E-state index in [4.69, 9.17) is 5.11 Å². The summed E-state index contributed by atoms with van der Waals surface area (Å²) in [5, 5.41) is 8.74. The number of benzene rings is 1. The smallest absolute Gasteiger partial charge is 0.181 e. The summed E-state index contributed by atoms with van der Waals surface area (Å²) in [6.45, 7) is 0.749. The summed E-state index contributed by atoms with van der Waals surface area (Å²) in [7, 11) is 0. The zero-order valence-electron chi connectivity index (χ0n) is 10.5. The van der Waals surface area contributed by atoms with Crippen molar-refractivity contribution in [2.75, 3.05) is 6.61 Å². The third kappa shape index (κ3) is 3.84. The monoisotopic (exact) mass is 253 g/mol. The van der Waals surface area contributed by atoms with Crippen LogP contribution >= 0.6 is 0 Å². The molecule has 0 atom stereocenters. The van der Waals surface area contributed by atoms with Gasteiger partial charge in [-0.2, -0.15) is 0 Å². The summed E-state index contributed by atoms with van der Waals surface area (Å²) in [4.78, 5) is 11.1. The topological polar surface area (TPSA) is 42.2 Å².